The predicted molar refractivity (Wildman–Crippen MR) is 64.4 cm³/mol. The molecule has 0 aliphatic rings. The minimum Gasteiger partial charge on any atom is -0.380 e. The highest BCUT2D eigenvalue weighted by Crippen LogP contribution is 2.14. The third kappa shape index (κ3) is 2.77. The average Bonchev–Trinajstić information content (AvgIpc) is 2.81. The second-order valence-corrected chi connectivity index (χ2v) is 4.13. The van der Waals surface area contributed by atoms with E-state index >= 15 is 0 Å². The summed E-state index contributed by atoms with van der Waals surface area (Å²) in [6.07, 6.45) is 0. The molecule has 0 saturated heterocycles. The van der Waals surface area contributed by atoms with E-state index in [0.29, 0.717) is 6.61 Å². The van der Waals surface area contributed by atoms with E-state index in [1.54, 1.807) is 12.6 Å². The van der Waals surface area contributed by atoms with Gasteiger partial charge < -0.3 is 10.1 Å². The molecule has 0 unspecified atom stereocenters. The lowest BCUT2D eigenvalue weighted by Gasteiger charge is -2.08. The number of hydrogen-bond acceptors (Lipinski definition) is 5. The first-order valence-electron chi connectivity index (χ1n) is 4.96. The van der Waals surface area contributed by atoms with Gasteiger partial charge in [-0.1, -0.05) is 35.6 Å². The number of aromatic nitrogens is 2. The average molecular weight is 235 g/mol. The predicted octanol–water partition coefficient (Wildman–Crippen LogP) is 2.30. The van der Waals surface area contributed by atoms with Gasteiger partial charge in [-0.3, -0.25) is 0 Å². The third-order valence-corrected chi connectivity index (χ3v) is 2.86. The van der Waals surface area contributed by atoms with Crippen LogP contribution in [0.15, 0.2) is 29.8 Å². The van der Waals surface area contributed by atoms with Crippen LogP contribution in [0, 0.1) is 0 Å². The first-order valence-corrected chi connectivity index (χ1v) is 5.84. The van der Waals surface area contributed by atoms with E-state index < -0.39 is 0 Å². The summed E-state index contributed by atoms with van der Waals surface area (Å²) < 4.78 is 5.15. The number of ether oxygens (including phenoxy) is 1. The van der Waals surface area contributed by atoms with Crippen LogP contribution in [0.1, 0.15) is 11.1 Å². The van der Waals surface area contributed by atoms with Crippen LogP contribution in [0.5, 0.6) is 0 Å². The van der Waals surface area contributed by atoms with Crippen molar-refractivity contribution in [2.24, 2.45) is 0 Å². The van der Waals surface area contributed by atoms with Crippen LogP contribution in [0.3, 0.4) is 0 Å². The van der Waals surface area contributed by atoms with Gasteiger partial charge in [-0.2, -0.15) is 0 Å². The van der Waals surface area contributed by atoms with Gasteiger partial charge in [-0.25, -0.2) is 0 Å². The van der Waals surface area contributed by atoms with E-state index in [-0.39, 0.29) is 0 Å². The zero-order valence-electron chi connectivity index (χ0n) is 9.01. The molecule has 4 nitrogen and oxygen atoms in total. The summed E-state index contributed by atoms with van der Waals surface area (Å²) in [5.41, 5.74) is 4.13. The Bertz CT molecular complexity index is 431. The zero-order valence-corrected chi connectivity index (χ0v) is 9.83. The van der Waals surface area contributed by atoms with Crippen molar-refractivity contribution in [3.8, 4) is 0 Å². The lowest BCUT2D eigenvalue weighted by molar-refractivity contribution is 0.184. The summed E-state index contributed by atoms with van der Waals surface area (Å²) in [5, 5.41) is 11.8. The largest absolute Gasteiger partial charge is 0.380 e. The monoisotopic (exact) mass is 235 g/mol. The quantitative estimate of drug-likeness (QED) is 0.863. The van der Waals surface area contributed by atoms with Crippen molar-refractivity contribution < 1.29 is 4.74 Å². The van der Waals surface area contributed by atoms with Gasteiger partial charge in [0.25, 0.3) is 0 Å². The van der Waals surface area contributed by atoms with E-state index in [1.807, 2.05) is 12.1 Å². The molecular formula is C11H13N3OS. The summed E-state index contributed by atoms with van der Waals surface area (Å²) in [6.45, 7) is 1.38. The Morgan fingerprint density at radius 1 is 1.31 bits per heavy atom. The molecule has 1 N–H and O–H groups in total. The van der Waals surface area contributed by atoms with Crippen molar-refractivity contribution in [1.29, 1.82) is 0 Å². The fourth-order valence-electron chi connectivity index (χ4n) is 1.45. The van der Waals surface area contributed by atoms with Crippen molar-refractivity contribution in [1.82, 2.24) is 10.2 Å². The lowest BCUT2D eigenvalue weighted by atomic mass is 10.1. The van der Waals surface area contributed by atoms with Crippen LogP contribution in [-0.2, 0) is 17.9 Å². The van der Waals surface area contributed by atoms with Gasteiger partial charge in [0.2, 0.25) is 5.13 Å². The van der Waals surface area contributed by atoms with E-state index in [4.69, 9.17) is 4.74 Å². The maximum atomic E-state index is 5.15. The van der Waals surface area contributed by atoms with E-state index in [9.17, 15) is 0 Å². The summed E-state index contributed by atoms with van der Waals surface area (Å²) in [7, 11) is 1.70. The maximum absolute atomic E-state index is 5.15. The Balaban J connectivity index is 2.03. The molecule has 84 valence electrons. The van der Waals surface area contributed by atoms with E-state index in [0.717, 1.165) is 11.7 Å². The fraction of sp³-hybridized carbons (Fsp3) is 0.273. The topological polar surface area (TPSA) is 47.0 Å². The smallest absolute Gasteiger partial charge is 0.205 e. The van der Waals surface area contributed by atoms with Crippen LogP contribution in [0.2, 0.25) is 0 Å². The number of methoxy groups -OCH3 is 1. The van der Waals surface area contributed by atoms with Crippen LogP contribution < -0.4 is 5.32 Å². The normalized spacial score (nSPS) is 10.3. The van der Waals surface area contributed by atoms with Gasteiger partial charge in [0, 0.05) is 13.7 Å². The van der Waals surface area contributed by atoms with Crippen molar-refractivity contribution in [3.05, 3.63) is 40.9 Å². The number of anilines is 1. The van der Waals surface area contributed by atoms with Gasteiger partial charge >= 0.3 is 0 Å². The van der Waals surface area contributed by atoms with Crippen LogP contribution in [-0.4, -0.2) is 17.3 Å². The van der Waals surface area contributed by atoms with Crippen LogP contribution in [0.25, 0.3) is 0 Å². The summed E-state index contributed by atoms with van der Waals surface area (Å²) in [5.74, 6) is 0. The Labute approximate surface area is 98.3 Å². The molecule has 0 spiro atoms. The molecule has 0 atom stereocenters. The highest BCUT2D eigenvalue weighted by Gasteiger charge is 2.02. The summed E-state index contributed by atoms with van der Waals surface area (Å²) in [6, 6.07) is 8.20. The van der Waals surface area contributed by atoms with Gasteiger partial charge in [-0.15, -0.1) is 10.2 Å². The number of benzene rings is 1. The Morgan fingerprint density at radius 3 is 2.81 bits per heavy atom. The minimum absolute atomic E-state index is 0.633. The molecule has 0 amide bonds. The SMILES string of the molecule is COCc1ccccc1CNc1nncs1. The standard InChI is InChI=1S/C11H13N3OS/c1-15-7-10-5-3-2-4-9(10)6-12-11-14-13-8-16-11/h2-5,8H,6-7H2,1H3,(H,12,14). The Morgan fingerprint density at radius 2 is 2.12 bits per heavy atom. The van der Waals surface area contributed by atoms with Crippen LogP contribution >= 0.6 is 11.3 Å². The highest BCUT2D eigenvalue weighted by molar-refractivity contribution is 7.13. The highest BCUT2D eigenvalue weighted by atomic mass is 32.1. The number of hydrogen-bond donors (Lipinski definition) is 1. The molecule has 0 aliphatic heterocycles. The third-order valence-electron chi connectivity index (χ3n) is 2.21. The molecule has 1 aromatic heterocycles. The molecule has 0 bridgehead atoms. The maximum Gasteiger partial charge on any atom is 0.205 e. The number of nitrogens with zero attached hydrogens (tertiary/aromatic N) is 2. The molecule has 2 rings (SSSR count). The van der Waals surface area contributed by atoms with Crippen molar-refractivity contribution in [3.63, 3.8) is 0 Å². The van der Waals surface area contributed by atoms with E-state index in [2.05, 4.69) is 27.6 Å². The van der Waals surface area contributed by atoms with Gasteiger partial charge in [-0.05, 0) is 11.1 Å². The second-order valence-electron chi connectivity index (χ2n) is 3.30. The fourth-order valence-corrected chi connectivity index (χ4v) is 1.89. The molecule has 1 heterocycles. The number of nitrogens with one attached hydrogen (secondary N) is 1. The first-order chi connectivity index (χ1) is 7.90. The molecular weight excluding hydrogens is 222 g/mol. The minimum atomic E-state index is 0.633. The lowest BCUT2D eigenvalue weighted by Crippen LogP contribution is -2.03. The Hall–Kier alpha value is -1.46. The zero-order chi connectivity index (χ0) is 11.2. The molecule has 16 heavy (non-hydrogen) atoms. The summed E-state index contributed by atoms with van der Waals surface area (Å²) >= 11 is 1.50. The molecule has 0 saturated carbocycles. The molecule has 0 fully saturated rings. The molecule has 5 heteroatoms. The molecule has 1 aromatic carbocycles. The molecule has 2 aromatic rings. The van der Waals surface area contributed by atoms with E-state index in [1.165, 1.54) is 22.5 Å². The number of rotatable bonds is 5. The summed E-state index contributed by atoms with van der Waals surface area (Å²) in [4.78, 5) is 0. The van der Waals surface area contributed by atoms with Crippen molar-refractivity contribution in [2.75, 3.05) is 12.4 Å². The van der Waals surface area contributed by atoms with Gasteiger partial charge in [0.05, 0.1) is 6.61 Å². The Kier molecular flexibility index (Phi) is 3.85. The van der Waals surface area contributed by atoms with Crippen molar-refractivity contribution >= 4 is 16.5 Å². The van der Waals surface area contributed by atoms with Crippen LogP contribution in [0.4, 0.5) is 5.13 Å². The molecule has 0 radical (unpaired) electrons. The first kappa shape index (κ1) is 11.0. The van der Waals surface area contributed by atoms with Gasteiger partial charge in [0.1, 0.15) is 5.51 Å². The molecule has 0 aliphatic carbocycles. The second kappa shape index (κ2) is 5.58. The van der Waals surface area contributed by atoms with Crippen molar-refractivity contribution in [2.45, 2.75) is 13.2 Å². The van der Waals surface area contributed by atoms with Gasteiger partial charge in [0.15, 0.2) is 0 Å².